The van der Waals surface area contributed by atoms with Crippen molar-refractivity contribution in [1.82, 2.24) is 4.57 Å². The summed E-state index contributed by atoms with van der Waals surface area (Å²) in [6.45, 7) is 4.14. The first-order valence-electron chi connectivity index (χ1n) is 8.17. The normalized spacial score (nSPS) is 11.5. The highest BCUT2D eigenvalue weighted by Crippen LogP contribution is 2.34. The van der Waals surface area contributed by atoms with E-state index in [1.165, 1.54) is 11.3 Å². The quantitative estimate of drug-likeness (QED) is 0.543. The van der Waals surface area contributed by atoms with E-state index in [-0.39, 0.29) is 11.8 Å². The van der Waals surface area contributed by atoms with Crippen LogP contribution in [0.5, 0.6) is 5.88 Å². The summed E-state index contributed by atoms with van der Waals surface area (Å²) < 4.78 is 6.83. The number of hydrogen-bond acceptors (Lipinski definition) is 5. The van der Waals surface area contributed by atoms with Crippen molar-refractivity contribution < 1.29 is 14.6 Å². The number of fused-ring (bicyclic) bond motifs is 1. The maximum absolute atomic E-state index is 12.1. The minimum absolute atomic E-state index is 0.148. The number of ether oxygens (including phenoxy) is 1. The topological polar surface area (TPSA) is 63.8 Å². The molecule has 0 radical (unpaired) electrons. The minimum atomic E-state index is -0.368. The number of benzene rings is 1. The molecule has 25 heavy (non-hydrogen) atoms. The molecule has 0 saturated heterocycles. The maximum atomic E-state index is 12.1. The van der Waals surface area contributed by atoms with Gasteiger partial charge in [0.15, 0.2) is 0 Å². The van der Waals surface area contributed by atoms with E-state index in [0.717, 1.165) is 22.2 Å². The molecule has 0 amide bonds. The molecule has 0 aliphatic heterocycles. The first-order valence-corrected chi connectivity index (χ1v) is 8.98. The zero-order valence-electron chi connectivity index (χ0n) is 14.4. The highest BCUT2D eigenvalue weighted by Gasteiger charge is 2.17. The number of aromatic nitrogens is 1. The molecular formula is C19H20N2O3S. The third kappa shape index (κ3) is 3.17. The van der Waals surface area contributed by atoms with Gasteiger partial charge in [-0.3, -0.25) is 0 Å². The van der Waals surface area contributed by atoms with Crippen molar-refractivity contribution in [2.45, 2.75) is 20.3 Å². The van der Waals surface area contributed by atoms with Crippen molar-refractivity contribution in [3.63, 3.8) is 0 Å². The van der Waals surface area contributed by atoms with Crippen LogP contribution in [0.3, 0.4) is 0 Å². The predicted octanol–water partition coefficient (Wildman–Crippen LogP) is 4.44. The lowest BCUT2D eigenvalue weighted by Crippen LogP contribution is -2.03. The summed E-state index contributed by atoms with van der Waals surface area (Å²) in [5.74, 6) is -0.220. The van der Waals surface area contributed by atoms with E-state index in [2.05, 4.69) is 4.99 Å². The number of aromatic hydroxyl groups is 1. The summed E-state index contributed by atoms with van der Waals surface area (Å²) in [6.07, 6.45) is 2.44. The second kappa shape index (κ2) is 7.11. The second-order valence-electron chi connectivity index (χ2n) is 5.58. The second-order valence-corrected chi connectivity index (χ2v) is 6.69. The van der Waals surface area contributed by atoms with Crippen LogP contribution in [0.15, 0.2) is 35.3 Å². The van der Waals surface area contributed by atoms with Crippen LogP contribution in [-0.2, 0) is 18.2 Å². The van der Waals surface area contributed by atoms with Crippen molar-refractivity contribution in [2.24, 2.45) is 12.0 Å². The zero-order valence-corrected chi connectivity index (χ0v) is 15.3. The Morgan fingerprint density at radius 1 is 1.36 bits per heavy atom. The molecule has 0 fully saturated rings. The molecule has 0 unspecified atom stereocenters. The highest BCUT2D eigenvalue weighted by atomic mass is 32.1. The molecule has 0 bridgehead atoms. The van der Waals surface area contributed by atoms with Crippen LogP contribution in [0.1, 0.15) is 34.6 Å². The van der Waals surface area contributed by atoms with Gasteiger partial charge < -0.3 is 14.4 Å². The molecular weight excluding hydrogens is 336 g/mol. The Labute approximate surface area is 150 Å². The smallest absolute Gasteiger partial charge is 0.341 e. The minimum Gasteiger partial charge on any atom is -0.494 e. The largest absolute Gasteiger partial charge is 0.494 e. The number of rotatable bonds is 5. The first-order chi connectivity index (χ1) is 12.1. The molecule has 130 valence electrons. The molecule has 1 aromatic carbocycles. The van der Waals surface area contributed by atoms with Crippen LogP contribution in [0, 0.1) is 0 Å². The van der Waals surface area contributed by atoms with Gasteiger partial charge in [0.05, 0.1) is 23.3 Å². The number of carbonyl (C=O) groups excluding carboxylic acids is 1. The Morgan fingerprint density at radius 3 is 2.84 bits per heavy atom. The molecule has 0 saturated carbocycles. The lowest BCUT2D eigenvalue weighted by molar-refractivity contribution is 0.0528. The number of esters is 1. The number of thiophene rings is 1. The van der Waals surface area contributed by atoms with Crippen molar-refractivity contribution >= 4 is 39.4 Å². The van der Waals surface area contributed by atoms with Gasteiger partial charge in [-0.05, 0) is 25.5 Å². The Bertz CT molecular complexity index is 953. The van der Waals surface area contributed by atoms with Gasteiger partial charge >= 0.3 is 5.97 Å². The number of carbonyl (C=O) groups is 1. The van der Waals surface area contributed by atoms with Crippen LogP contribution in [-0.4, -0.2) is 28.5 Å². The summed E-state index contributed by atoms with van der Waals surface area (Å²) in [7, 11) is 1.80. The maximum Gasteiger partial charge on any atom is 0.341 e. The van der Waals surface area contributed by atoms with E-state index in [1.807, 2.05) is 37.3 Å². The van der Waals surface area contributed by atoms with E-state index in [9.17, 15) is 9.90 Å². The fourth-order valence-corrected chi connectivity index (χ4v) is 3.64. The molecule has 3 aromatic rings. The average Bonchev–Trinajstić information content (AvgIpc) is 3.14. The Hall–Kier alpha value is -2.60. The number of hydrogen-bond donors (Lipinski definition) is 1. The number of aryl methyl sites for hydroxylation is 2. The molecule has 2 aromatic heterocycles. The van der Waals surface area contributed by atoms with Gasteiger partial charge in [0.2, 0.25) is 5.88 Å². The fourth-order valence-electron chi connectivity index (χ4n) is 2.72. The predicted molar refractivity (Wildman–Crippen MR) is 101 cm³/mol. The van der Waals surface area contributed by atoms with Gasteiger partial charge in [0.1, 0.15) is 5.00 Å². The number of aliphatic imine (C=N–C) groups is 1. The molecule has 0 atom stereocenters. The van der Waals surface area contributed by atoms with Crippen LogP contribution in [0.25, 0.3) is 10.9 Å². The SMILES string of the molecule is CCOC(=O)c1cc(CC)sc1/N=C/c1c(O)n(C)c2ccccc12. The molecule has 0 spiro atoms. The summed E-state index contributed by atoms with van der Waals surface area (Å²) in [5, 5.41) is 11.9. The Kier molecular flexibility index (Phi) is 4.90. The molecule has 2 heterocycles. The molecule has 0 aliphatic rings. The van der Waals surface area contributed by atoms with Gasteiger partial charge in [-0.25, -0.2) is 9.79 Å². The van der Waals surface area contributed by atoms with E-state index in [4.69, 9.17) is 4.74 Å². The lowest BCUT2D eigenvalue weighted by Gasteiger charge is -2.00. The van der Waals surface area contributed by atoms with Gasteiger partial charge in [-0.1, -0.05) is 25.1 Å². The molecule has 1 N–H and O–H groups in total. The van der Waals surface area contributed by atoms with Gasteiger partial charge in [-0.15, -0.1) is 11.3 Å². The van der Waals surface area contributed by atoms with Crippen molar-refractivity contribution in [1.29, 1.82) is 0 Å². The van der Waals surface area contributed by atoms with E-state index < -0.39 is 0 Å². The van der Waals surface area contributed by atoms with Gasteiger partial charge in [0.25, 0.3) is 0 Å². The fraction of sp³-hybridized carbons (Fsp3) is 0.263. The standard InChI is InChI=1S/C19H20N2O3S/c1-4-12-10-14(19(23)24-5-2)17(25-12)20-11-15-13-8-6-7-9-16(13)21(3)18(15)22/h6-11,22H,4-5H2,1-3H3/b20-11+. The summed E-state index contributed by atoms with van der Waals surface area (Å²) >= 11 is 1.46. The molecule has 3 rings (SSSR count). The van der Waals surface area contributed by atoms with Crippen LogP contribution in [0.4, 0.5) is 5.00 Å². The van der Waals surface area contributed by atoms with Crippen LogP contribution >= 0.6 is 11.3 Å². The zero-order chi connectivity index (χ0) is 18.0. The molecule has 0 aliphatic carbocycles. The van der Waals surface area contributed by atoms with Crippen LogP contribution in [0.2, 0.25) is 0 Å². The van der Waals surface area contributed by atoms with Crippen molar-refractivity contribution in [3.8, 4) is 5.88 Å². The van der Waals surface area contributed by atoms with Gasteiger partial charge in [0, 0.05) is 23.5 Å². The summed E-state index contributed by atoms with van der Waals surface area (Å²) in [6, 6.07) is 9.56. The summed E-state index contributed by atoms with van der Waals surface area (Å²) in [4.78, 5) is 17.7. The molecule has 6 heteroatoms. The average molecular weight is 356 g/mol. The third-order valence-electron chi connectivity index (χ3n) is 4.03. The van der Waals surface area contributed by atoms with E-state index in [1.54, 1.807) is 24.8 Å². The first kappa shape index (κ1) is 17.2. The number of nitrogens with zero attached hydrogens (tertiary/aromatic N) is 2. The lowest BCUT2D eigenvalue weighted by atomic mass is 10.2. The van der Waals surface area contributed by atoms with Gasteiger partial charge in [-0.2, -0.15) is 0 Å². The highest BCUT2D eigenvalue weighted by molar-refractivity contribution is 7.16. The summed E-state index contributed by atoms with van der Waals surface area (Å²) in [5.41, 5.74) is 2.03. The van der Waals surface area contributed by atoms with Crippen molar-refractivity contribution in [3.05, 3.63) is 46.3 Å². The van der Waals surface area contributed by atoms with Crippen LogP contribution < -0.4 is 0 Å². The third-order valence-corrected chi connectivity index (χ3v) is 5.22. The number of para-hydroxylation sites is 1. The Balaban J connectivity index is 2.05. The molecule has 5 nitrogen and oxygen atoms in total. The van der Waals surface area contributed by atoms with E-state index in [0.29, 0.717) is 22.7 Å². The van der Waals surface area contributed by atoms with E-state index >= 15 is 0 Å². The monoisotopic (exact) mass is 356 g/mol. The Morgan fingerprint density at radius 2 is 2.12 bits per heavy atom. The van der Waals surface area contributed by atoms with Crippen molar-refractivity contribution in [2.75, 3.05) is 6.61 Å².